The summed E-state index contributed by atoms with van der Waals surface area (Å²) in [6, 6.07) is 13.6. The first-order valence-corrected chi connectivity index (χ1v) is 10.4. The molecular weight excluding hydrogens is 402 g/mol. The van der Waals surface area contributed by atoms with Crippen molar-refractivity contribution in [3.05, 3.63) is 64.3 Å². The van der Waals surface area contributed by atoms with Crippen LogP contribution in [0.2, 0.25) is 5.02 Å². The number of methoxy groups -OCH3 is 1. The highest BCUT2D eigenvalue weighted by atomic mass is 35.5. The Labute approximate surface area is 180 Å². The maximum atomic E-state index is 12.8. The zero-order valence-electron chi connectivity index (χ0n) is 17.1. The van der Waals surface area contributed by atoms with Crippen LogP contribution < -0.4 is 9.47 Å². The van der Waals surface area contributed by atoms with Crippen molar-refractivity contribution in [3.8, 4) is 22.8 Å². The van der Waals surface area contributed by atoms with Gasteiger partial charge in [0.25, 0.3) is 0 Å². The second-order valence-electron chi connectivity index (χ2n) is 7.22. The molecule has 6 nitrogen and oxygen atoms in total. The maximum absolute atomic E-state index is 12.8. The number of aromatic nitrogens is 2. The lowest BCUT2D eigenvalue weighted by molar-refractivity contribution is 0.153. The third-order valence-electron chi connectivity index (χ3n) is 5.43. The number of ether oxygens (including phenoxy) is 2. The van der Waals surface area contributed by atoms with Gasteiger partial charge in [0.05, 0.1) is 18.4 Å². The molecule has 0 fully saturated rings. The average molecular weight is 426 g/mol. The number of nitrogens with zero attached hydrogens (tertiary/aromatic N) is 2. The number of aromatic amines is 1. The largest absolute Gasteiger partial charge is 0.497 e. The zero-order chi connectivity index (χ0) is 21.1. The number of benzene rings is 2. The molecule has 1 heterocycles. The van der Waals surface area contributed by atoms with Crippen molar-refractivity contribution in [1.29, 1.82) is 0 Å². The van der Waals surface area contributed by atoms with Crippen LogP contribution in [0.3, 0.4) is 0 Å². The smallest absolute Gasteiger partial charge is 0.416 e. The number of H-pyrrole nitrogens is 1. The lowest BCUT2D eigenvalue weighted by Gasteiger charge is -2.21. The Morgan fingerprint density at radius 3 is 2.73 bits per heavy atom. The van der Waals surface area contributed by atoms with Gasteiger partial charge >= 0.3 is 6.09 Å². The molecule has 0 bridgehead atoms. The molecule has 0 saturated carbocycles. The van der Waals surface area contributed by atoms with Crippen molar-refractivity contribution in [2.24, 2.45) is 0 Å². The number of aryl methyl sites for hydroxylation is 2. The van der Waals surface area contributed by atoms with Gasteiger partial charge in [-0.1, -0.05) is 29.8 Å². The molecule has 1 amide bonds. The molecule has 7 heteroatoms. The van der Waals surface area contributed by atoms with Crippen LogP contribution in [0.4, 0.5) is 4.79 Å². The normalized spacial score (nSPS) is 12.1. The molecule has 0 aliphatic heterocycles. The van der Waals surface area contributed by atoms with Gasteiger partial charge in [-0.3, -0.25) is 0 Å². The minimum atomic E-state index is -0.390. The molecule has 1 aromatic heterocycles. The van der Waals surface area contributed by atoms with Crippen LogP contribution in [0, 0.1) is 0 Å². The topological polar surface area (TPSA) is 67.4 Å². The molecule has 0 radical (unpaired) electrons. The number of carbonyl (C=O) groups is 1. The van der Waals surface area contributed by atoms with Crippen molar-refractivity contribution in [3.63, 3.8) is 0 Å². The molecule has 1 aliphatic carbocycles. The van der Waals surface area contributed by atoms with E-state index in [1.54, 1.807) is 12.0 Å². The van der Waals surface area contributed by atoms with Crippen LogP contribution in [-0.2, 0) is 19.3 Å². The van der Waals surface area contributed by atoms with Gasteiger partial charge in [0, 0.05) is 18.1 Å². The fraction of sp³-hybridized carbons (Fsp3) is 0.304. The van der Waals surface area contributed by atoms with Gasteiger partial charge in [-0.15, -0.1) is 0 Å². The SMILES string of the molecule is CCN(CCc1ccc(OC)cc1)C(=O)Oc1[nH]nc2c1-c1ccc(Cl)cc1CC2. The highest BCUT2D eigenvalue weighted by Crippen LogP contribution is 2.39. The molecule has 3 aromatic rings. The van der Waals surface area contributed by atoms with E-state index in [-0.39, 0.29) is 0 Å². The van der Waals surface area contributed by atoms with Gasteiger partial charge in [-0.2, -0.15) is 5.10 Å². The van der Waals surface area contributed by atoms with E-state index in [0.717, 1.165) is 53.0 Å². The Hall–Kier alpha value is -2.99. The van der Waals surface area contributed by atoms with Crippen molar-refractivity contribution in [2.75, 3.05) is 20.2 Å². The number of fused-ring (bicyclic) bond motifs is 3. The number of rotatable bonds is 6. The number of hydrogen-bond donors (Lipinski definition) is 1. The van der Waals surface area contributed by atoms with Crippen LogP contribution >= 0.6 is 11.6 Å². The average Bonchev–Trinajstić information content (AvgIpc) is 3.17. The van der Waals surface area contributed by atoms with Crippen molar-refractivity contribution >= 4 is 17.7 Å². The number of halogens is 1. The Kier molecular flexibility index (Phi) is 5.95. The molecule has 30 heavy (non-hydrogen) atoms. The predicted molar refractivity (Wildman–Crippen MR) is 116 cm³/mol. The molecule has 1 N–H and O–H groups in total. The summed E-state index contributed by atoms with van der Waals surface area (Å²) in [4.78, 5) is 14.5. The fourth-order valence-electron chi connectivity index (χ4n) is 3.75. The lowest BCUT2D eigenvalue weighted by Crippen LogP contribution is -2.35. The molecule has 156 valence electrons. The molecule has 2 aromatic carbocycles. The molecule has 4 rings (SSSR count). The highest BCUT2D eigenvalue weighted by molar-refractivity contribution is 6.30. The van der Waals surface area contributed by atoms with Crippen LogP contribution in [0.1, 0.15) is 23.7 Å². The third-order valence-corrected chi connectivity index (χ3v) is 5.67. The summed E-state index contributed by atoms with van der Waals surface area (Å²) in [7, 11) is 1.64. The Morgan fingerprint density at radius 2 is 2.00 bits per heavy atom. The Balaban J connectivity index is 1.47. The van der Waals surface area contributed by atoms with Crippen LogP contribution in [-0.4, -0.2) is 41.4 Å². The standard InChI is InChI=1S/C23H24ClN3O3/c1-3-27(13-12-15-4-8-18(29-2)9-5-15)23(28)30-22-21-19-10-7-17(24)14-16(19)6-11-20(21)25-26-22/h4-5,7-10,14H,3,6,11-13H2,1-2H3,(H,25,26). The summed E-state index contributed by atoms with van der Waals surface area (Å²) < 4.78 is 10.9. The van der Waals surface area contributed by atoms with Gasteiger partial charge in [0.1, 0.15) is 5.75 Å². The summed E-state index contributed by atoms with van der Waals surface area (Å²) in [6.07, 6.45) is 1.99. The van der Waals surface area contributed by atoms with Gasteiger partial charge in [0.2, 0.25) is 5.88 Å². The van der Waals surface area contributed by atoms with Crippen molar-refractivity contribution < 1.29 is 14.3 Å². The van der Waals surface area contributed by atoms with E-state index < -0.39 is 6.09 Å². The Morgan fingerprint density at radius 1 is 1.20 bits per heavy atom. The zero-order valence-corrected chi connectivity index (χ0v) is 17.8. The number of likely N-dealkylation sites (N-methyl/N-ethyl adjacent to an activating group) is 1. The van der Waals surface area contributed by atoms with Crippen molar-refractivity contribution in [1.82, 2.24) is 15.1 Å². The van der Waals surface area contributed by atoms with Gasteiger partial charge in [-0.25, -0.2) is 9.89 Å². The van der Waals surface area contributed by atoms with Gasteiger partial charge in [0.15, 0.2) is 0 Å². The van der Waals surface area contributed by atoms with Crippen LogP contribution in [0.25, 0.3) is 11.1 Å². The minimum absolute atomic E-state index is 0.390. The predicted octanol–water partition coefficient (Wildman–Crippen LogP) is 4.90. The first-order chi connectivity index (χ1) is 14.6. The summed E-state index contributed by atoms with van der Waals surface area (Å²) in [5.41, 5.74) is 5.05. The second-order valence-corrected chi connectivity index (χ2v) is 7.66. The number of carbonyl (C=O) groups excluding carboxylic acids is 1. The Bertz CT molecular complexity index is 1050. The van der Waals surface area contributed by atoms with Crippen LogP contribution in [0.5, 0.6) is 11.6 Å². The van der Waals surface area contributed by atoms with E-state index in [1.165, 1.54) is 0 Å². The lowest BCUT2D eigenvalue weighted by atomic mass is 9.90. The van der Waals surface area contributed by atoms with Crippen LogP contribution in [0.15, 0.2) is 42.5 Å². The molecule has 0 saturated heterocycles. The first-order valence-electron chi connectivity index (χ1n) is 10.0. The third kappa shape index (κ3) is 4.14. The molecule has 0 atom stereocenters. The van der Waals surface area contributed by atoms with E-state index >= 15 is 0 Å². The van der Waals surface area contributed by atoms with E-state index in [9.17, 15) is 4.79 Å². The summed E-state index contributed by atoms with van der Waals surface area (Å²) >= 11 is 6.14. The number of nitrogens with one attached hydrogen (secondary N) is 1. The van der Waals surface area contributed by atoms with E-state index in [2.05, 4.69) is 10.2 Å². The van der Waals surface area contributed by atoms with E-state index in [4.69, 9.17) is 21.1 Å². The fourth-order valence-corrected chi connectivity index (χ4v) is 3.94. The number of amides is 1. The molecular formula is C23H24ClN3O3. The maximum Gasteiger partial charge on any atom is 0.416 e. The second kappa shape index (κ2) is 8.79. The van der Waals surface area contributed by atoms with Crippen molar-refractivity contribution in [2.45, 2.75) is 26.2 Å². The molecule has 0 spiro atoms. The monoisotopic (exact) mass is 425 g/mol. The molecule has 0 unspecified atom stereocenters. The first kappa shape index (κ1) is 20.3. The summed E-state index contributed by atoms with van der Waals surface area (Å²) in [6.45, 7) is 3.05. The number of hydrogen-bond acceptors (Lipinski definition) is 4. The summed E-state index contributed by atoms with van der Waals surface area (Å²) in [5, 5.41) is 7.97. The van der Waals surface area contributed by atoms with Gasteiger partial charge in [-0.05, 0) is 67.1 Å². The summed E-state index contributed by atoms with van der Waals surface area (Å²) in [5.74, 6) is 1.21. The quantitative estimate of drug-likeness (QED) is 0.609. The highest BCUT2D eigenvalue weighted by Gasteiger charge is 2.26. The molecule has 1 aliphatic rings. The van der Waals surface area contributed by atoms with Gasteiger partial charge < -0.3 is 14.4 Å². The minimum Gasteiger partial charge on any atom is -0.497 e. The van der Waals surface area contributed by atoms with E-state index in [1.807, 2.05) is 49.4 Å². The van der Waals surface area contributed by atoms with E-state index in [0.29, 0.717) is 24.0 Å².